The number of nitrogens with one attached hydrogen (secondary N) is 1. The number of piperazine rings is 1. The van der Waals surface area contributed by atoms with Gasteiger partial charge in [0.15, 0.2) is 5.82 Å². The van der Waals surface area contributed by atoms with Crippen molar-refractivity contribution in [2.75, 3.05) is 44.9 Å². The molecule has 8 rings (SSSR count). The Hall–Kier alpha value is -4.17. The van der Waals surface area contributed by atoms with Crippen molar-refractivity contribution in [1.29, 1.82) is 0 Å². The Morgan fingerprint density at radius 1 is 1.13 bits per heavy atom. The largest absolute Gasteiger partial charge is 0.461 e. The van der Waals surface area contributed by atoms with Gasteiger partial charge in [0.25, 0.3) is 0 Å². The van der Waals surface area contributed by atoms with Gasteiger partial charge in [-0.05, 0) is 43.6 Å². The first kappa shape index (κ1) is 29.2. The number of ether oxygens (including phenoxy) is 2. The van der Waals surface area contributed by atoms with Crippen LogP contribution in [0.1, 0.15) is 37.7 Å². The minimum Gasteiger partial charge on any atom is -0.461 e. The summed E-state index contributed by atoms with van der Waals surface area (Å²) in [6.07, 6.45) is 12.3. The molecule has 4 saturated heterocycles. The van der Waals surface area contributed by atoms with E-state index >= 15 is 4.39 Å². The first-order chi connectivity index (χ1) is 22.4. The standard InChI is InChI=1S/C36H36F2N6O2/c1-4-26-29(37)11-8-22-6-5-7-27(30(22)26)32-31(38)33-28(15-39-32)34(43-17-23-9-10-24(18-43)40-23)42-35(41-33)46-20-36-13-12-25(19-45-3)44(36)16-21(2)14-36/h1,5-8,11,15,23-25,40H,2,9-10,12-14,16-20H2,3H3/t23?,24?,25-,36+/m1/s1. The van der Waals surface area contributed by atoms with Crippen LogP contribution in [0.15, 0.2) is 48.7 Å². The van der Waals surface area contributed by atoms with Crippen molar-refractivity contribution in [3.63, 3.8) is 0 Å². The van der Waals surface area contributed by atoms with Crippen LogP contribution in [0.3, 0.4) is 0 Å². The number of aromatic nitrogens is 3. The smallest absolute Gasteiger partial charge is 0.319 e. The normalized spacial score (nSPS) is 25.8. The van der Waals surface area contributed by atoms with E-state index in [2.05, 4.69) is 37.6 Å². The molecule has 0 spiro atoms. The highest BCUT2D eigenvalue weighted by molar-refractivity contribution is 6.02. The van der Waals surface area contributed by atoms with Crippen LogP contribution in [0.2, 0.25) is 0 Å². The van der Waals surface area contributed by atoms with Crippen molar-refractivity contribution >= 4 is 27.5 Å². The fraction of sp³-hybridized carbons (Fsp3) is 0.417. The van der Waals surface area contributed by atoms with Gasteiger partial charge in [-0.15, -0.1) is 6.42 Å². The molecule has 4 aliphatic rings. The van der Waals surface area contributed by atoms with Gasteiger partial charge in [0, 0.05) is 62.0 Å². The predicted octanol–water partition coefficient (Wildman–Crippen LogP) is 5.23. The lowest BCUT2D eigenvalue weighted by Crippen LogP contribution is -2.51. The number of nitrogens with zero attached hydrogens (tertiary/aromatic N) is 5. The predicted molar refractivity (Wildman–Crippen MR) is 174 cm³/mol. The number of methoxy groups -OCH3 is 1. The number of terminal acetylenes is 1. The number of halogens is 2. The van der Waals surface area contributed by atoms with Crippen molar-refractivity contribution in [3.8, 4) is 29.6 Å². The molecule has 2 bridgehead atoms. The summed E-state index contributed by atoms with van der Waals surface area (Å²) in [4.78, 5) is 18.8. The quantitative estimate of drug-likeness (QED) is 0.222. The van der Waals surface area contributed by atoms with Crippen LogP contribution in [0.5, 0.6) is 6.01 Å². The second kappa shape index (κ2) is 11.3. The lowest BCUT2D eigenvalue weighted by atomic mass is 9.94. The average molecular weight is 623 g/mol. The van der Waals surface area contributed by atoms with E-state index < -0.39 is 11.6 Å². The average Bonchev–Trinajstić information content (AvgIpc) is 3.69. The molecular weight excluding hydrogens is 586 g/mol. The molecule has 4 aliphatic heterocycles. The first-order valence-electron chi connectivity index (χ1n) is 16.0. The molecule has 0 amide bonds. The molecule has 236 valence electrons. The molecule has 2 unspecified atom stereocenters. The van der Waals surface area contributed by atoms with Gasteiger partial charge in [0.1, 0.15) is 29.5 Å². The molecule has 6 heterocycles. The number of pyridine rings is 1. The van der Waals surface area contributed by atoms with Crippen LogP contribution in [0.4, 0.5) is 14.6 Å². The second-order valence-electron chi connectivity index (χ2n) is 13.2. The first-order valence-corrected chi connectivity index (χ1v) is 16.0. The molecule has 0 aliphatic carbocycles. The van der Waals surface area contributed by atoms with Gasteiger partial charge in [0.05, 0.1) is 23.1 Å². The zero-order chi connectivity index (χ0) is 31.6. The van der Waals surface area contributed by atoms with Crippen LogP contribution in [0.25, 0.3) is 32.9 Å². The summed E-state index contributed by atoms with van der Waals surface area (Å²) in [5.74, 6) is 1.90. The van der Waals surface area contributed by atoms with E-state index in [1.165, 1.54) is 11.6 Å². The highest BCUT2D eigenvalue weighted by Gasteiger charge is 2.51. The van der Waals surface area contributed by atoms with E-state index in [-0.39, 0.29) is 28.3 Å². The molecule has 46 heavy (non-hydrogen) atoms. The van der Waals surface area contributed by atoms with Crippen molar-refractivity contribution in [2.45, 2.75) is 55.8 Å². The van der Waals surface area contributed by atoms with Crippen LogP contribution in [-0.2, 0) is 4.74 Å². The van der Waals surface area contributed by atoms with Gasteiger partial charge in [-0.3, -0.25) is 9.88 Å². The Kier molecular flexibility index (Phi) is 7.16. The lowest BCUT2D eigenvalue weighted by Gasteiger charge is -2.35. The number of hydrogen-bond donors (Lipinski definition) is 1. The van der Waals surface area contributed by atoms with Gasteiger partial charge in [-0.25, -0.2) is 8.78 Å². The SMILES string of the molecule is C#Cc1c(F)ccc2cccc(-c3ncc4c(N5CC6CCC(C5)N6)nc(OC[C@@]56CC[C@H](COC)N5CC(=C)C6)nc4c3F)c12. The Morgan fingerprint density at radius 3 is 2.74 bits per heavy atom. The zero-order valence-corrected chi connectivity index (χ0v) is 25.9. The molecule has 8 nitrogen and oxygen atoms in total. The maximum Gasteiger partial charge on any atom is 0.319 e. The van der Waals surface area contributed by atoms with E-state index in [4.69, 9.17) is 20.9 Å². The summed E-state index contributed by atoms with van der Waals surface area (Å²) in [6.45, 7) is 7.59. The Labute approximate surface area is 266 Å². The molecular formula is C36H36F2N6O2. The zero-order valence-electron chi connectivity index (χ0n) is 25.9. The number of hydrogen-bond acceptors (Lipinski definition) is 8. The van der Waals surface area contributed by atoms with E-state index in [0.717, 1.165) is 51.7 Å². The fourth-order valence-corrected chi connectivity index (χ4v) is 8.32. The van der Waals surface area contributed by atoms with Crippen molar-refractivity contribution in [2.24, 2.45) is 0 Å². The van der Waals surface area contributed by atoms with E-state index in [1.807, 2.05) is 6.07 Å². The van der Waals surface area contributed by atoms with Gasteiger partial charge in [-0.2, -0.15) is 9.97 Å². The number of anilines is 1. The van der Waals surface area contributed by atoms with E-state index in [0.29, 0.717) is 58.9 Å². The molecule has 0 radical (unpaired) electrons. The highest BCUT2D eigenvalue weighted by Crippen LogP contribution is 2.45. The maximum absolute atomic E-state index is 16.8. The van der Waals surface area contributed by atoms with Crippen LogP contribution >= 0.6 is 0 Å². The van der Waals surface area contributed by atoms with Crippen molar-refractivity contribution in [1.82, 2.24) is 25.2 Å². The summed E-state index contributed by atoms with van der Waals surface area (Å²) < 4.78 is 43.6. The van der Waals surface area contributed by atoms with Gasteiger partial charge in [0.2, 0.25) is 0 Å². The summed E-state index contributed by atoms with van der Waals surface area (Å²) in [5.41, 5.74) is 1.57. The summed E-state index contributed by atoms with van der Waals surface area (Å²) in [5, 5.41) is 5.30. The Balaban J connectivity index is 1.24. The van der Waals surface area contributed by atoms with Crippen LogP contribution in [-0.4, -0.2) is 83.5 Å². The maximum atomic E-state index is 16.8. The molecule has 10 heteroatoms. The molecule has 0 saturated carbocycles. The number of rotatable bonds is 7. The minimum absolute atomic E-state index is 0.0474. The van der Waals surface area contributed by atoms with E-state index in [1.54, 1.807) is 31.5 Å². The monoisotopic (exact) mass is 622 g/mol. The van der Waals surface area contributed by atoms with Crippen molar-refractivity contribution in [3.05, 3.63) is 65.9 Å². The second-order valence-corrected chi connectivity index (χ2v) is 13.2. The van der Waals surface area contributed by atoms with E-state index in [9.17, 15) is 4.39 Å². The molecule has 4 atom stereocenters. The van der Waals surface area contributed by atoms with Gasteiger partial charge < -0.3 is 19.7 Å². The minimum atomic E-state index is -0.626. The van der Waals surface area contributed by atoms with Crippen molar-refractivity contribution < 1.29 is 18.3 Å². The number of fused-ring (bicyclic) bond motifs is 5. The van der Waals surface area contributed by atoms with Crippen LogP contribution < -0.4 is 15.0 Å². The molecule has 4 aromatic rings. The van der Waals surface area contributed by atoms with Crippen LogP contribution in [0, 0.1) is 24.0 Å². The third-order valence-corrected chi connectivity index (χ3v) is 10.3. The fourth-order valence-electron chi connectivity index (χ4n) is 8.32. The molecule has 1 N–H and O–H groups in total. The topological polar surface area (TPSA) is 75.6 Å². The number of benzene rings is 2. The summed E-state index contributed by atoms with van der Waals surface area (Å²) in [6, 6.07) is 9.39. The molecule has 4 fully saturated rings. The lowest BCUT2D eigenvalue weighted by molar-refractivity contribution is 0.0522. The highest BCUT2D eigenvalue weighted by atomic mass is 19.1. The van der Waals surface area contributed by atoms with Gasteiger partial charge >= 0.3 is 6.01 Å². The molecule has 2 aromatic carbocycles. The summed E-state index contributed by atoms with van der Waals surface area (Å²) >= 11 is 0. The third kappa shape index (κ3) is 4.72. The Morgan fingerprint density at radius 2 is 1.96 bits per heavy atom. The Bertz CT molecular complexity index is 1910. The third-order valence-electron chi connectivity index (χ3n) is 10.3. The molecule has 2 aromatic heterocycles. The summed E-state index contributed by atoms with van der Waals surface area (Å²) in [7, 11) is 1.73. The van der Waals surface area contributed by atoms with Gasteiger partial charge in [-0.1, -0.05) is 42.3 Å².